The average Bonchev–Trinajstić information content (AvgIpc) is 3.22. The lowest BCUT2D eigenvalue weighted by Crippen LogP contribution is -2.16. The van der Waals surface area contributed by atoms with Gasteiger partial charge in [-0.3, -0.25) is 4.79 Å². The molecule has 0 saturated heterocycles. The first kappa shape index (κ1) is 20.0. The van der Waals surface area contributed by atoms with Crippen LogP contribution in [0.4, 0.5) is 0 Å². The van der Waals surface area contributed by atoms with Crippen molar-refractivity contribution < 1.29 is 19.4 Å². The number of hydrogen-bond acceptors (Lipinski definition) is 5. The molecule has 142 valence electrons. The van der Waals surface area contributed by atoms with Gasteiger partial charge >= 0.3 is 5.97 Å². The maximum absolute atomic E-state index is 11.8. The van der Waals surface area contributed by atoms with E-state index in [1.165, 1.54) is 11.3 Å². The molecule has 1 amide bonds. The van der Waals surface area contributed by atoms with Crippen molar-refractivity contribution in [1.82, 2.24) is 5.43 Å². The lowest BCUT2D eigenvalue weighted by Gasteiger charge is -2.09. The fraction of sp³-hybridized carbons (Fsp3) is 0.0500. The van der Waals surface area contributed by atoms with E-state index in [1.54, 1.807) is 36.5 Å². The Bertz CT molecular complexity index is 1000. The minimum absolute atomic E-state index is 0.241. The van der Waals surface area contributed by atoms with Crippen molar-refractivity contribution in [1.29, 1.82) is 0 Å². The summed E-state index contributed by atoms with van der Waals surface area (Å²) < 4.78 is 6.70. The molecule has 0 fully saturated rings. The molecule has 2 aromatic carbocycles. The number of rotatable bonds is 7. The average molecular weight is 506 g/mol. The molecular formula is C20H15IN2O4S. The van der Waals surface area contributed by atoms with Gasteiger partial charge in [0.25, 0.3) is 5.91 Å². The second-order valence-electron chi connectivity index (χ2n) is 5.66. The molecule has 3 aromatic rings. The van der Waals surface area contributed by atoms with E-state index in [0.717, 1.165) is 14.7 Å². The van der Waals surface area contributed by atoms with Gasteiger partial charge in [0.1, 0.15) is 12.4 Å². The third kappa shape index (κ3) is 5.40. The van der Waals surface area contributed by atoms with E-state index in [9.17, 15) is 9.59 Å². The molecule has 0 atom stereocenters. The van der Waals surface area contributed by atoms with Crippen molar-refractivity contribution in [3.63, 3.8) is 0 Å². The molecule has 3 rings (SSSR count). The van der Waals surface area contributed by atoms with Gasteiger partial charge in [-0.15, -0.1) is 11.3 Å². The number of carboxylic acid groups (broad SMARTS) is 1. The predicted molar refractivity (Wildman–Crippen MR) is 116 cm³/mol. The fourth-order valence-electron chi connectivity index (χ4n) is 2.25. The van der Waals surface area contributed by atoms with Crippen molar-refractivity contribution >= 4 is 52.0 Å². The summed E-state index contributed by atoms with van der Waals surface area (Å²) in [5.74, 6) is -0.483. The Kier molecular flexibility index (Phi) is 6.77. The summed E-state index contributed by atoms with van der Waals surface area (Å²) in [6.07, 6.45) is 1.57. The number of hydrogen-bond donors (Lipinski definition) is 2. The molecule has 2 N–H and O–H groups in total. The maximum Gasteiger partial charge on any atom is 0.335 e. The minimum atomic E-state index is -0.953. The van der Waals surface area contributed by atoms with Crippen LogP contribution in [0.25, 0.3) is 0 Å². The highest BCUT2D eigenvalue weighted by Crippen LogP contribution is 2.22. The molecule has 0 aliphatic heterocycles. The van der Waals surface area contributed by atoms with Crippen LogP contribution in [0, 0.1) is 3.57 Å². The molecule has 8 heteroatoms. The number of hydrazone groups is 1. The minimum Gasteiger partial charge on any atom is -0.488 e. The zero-order valence-electron chi connectivity index (χ0n) is 14.5. The first-order chi connectivity index (χ1) is 13.5. The third-order valence-electron chi connectivity index (χ3n) is 3.68. The van der Waals surface area contributed by atoms with Crippen LogP contribution in [-0.4, -0.2) is 23.2 Å². The van der Waals surface area contributed by atoms with E-state index >= 15 is 0 Å². The van der Waals surface area contributed by atoms with Crippen molar-refractivity contribution in [2.24, 2.45) is 5.10 Å². The number of carboxylic acids is 1. The first-order valence-electron chi connectivity index (χ1n) is 8.14. The Hall–Kier alpha value is -2.72. The summed E-state index contributed by atoms with van der Waals surface area (Å²) >= 11 is 3.52. The fourth-order valence-corrected chi connectivity index (χ4v) is 3.56. The normalized spacial score (nSPS) is 10.8. The van der Waals surface area contributed by atoms with Crippen molar-refractivity contribution in [3.8, 4) is 5.75 Å². The van der Waals surface area contributed by atoms with Crippen LogP contribution in [0.3, 0.4) is 0 Å². The highest BCUT2D eigenvalue weighted by Gasteiger charge is 2.06. The second-order valence-corrected chi connectivity index (χ2v) is 7.77. The van der Waals surface area contributed by atoms with Crippen molar-refractivity contribution in [3.05, 3.63) is 85.1 Å². The second kappa shape index (κ2) is 9.47. The number of ether oxygens (including phenoxy) is 1. The molecule has 0 aliphatic rings. The van der Waals surface area contributed by atoms with E-state index in [2.05, 4.69) is 33.1 Å². The Labute approximate surface area is 179 Å². The summed E-state index contributed by atoms with van der Waals surface area (Å²) in [5.41, 5.74) is 4.44. The van der Waals surface area contributed by atoms with Crippen molar-refractivity contribution in [2.45, 2.75) is 6.61 Å². The number of carbonyl (C=O) groups is 2. The van der Waals surface area contributed by atoms with E-state index in [0.29, 0.717) is 17.2 Å². The molecule has 0 spiro atoms. The SMILES string of the molecule is O=C(O)c1ccc(COc2ccc(/C=N\NC(=O)c3cccs3)cc2I)cc1. The molecule has 1 heterocycles. The number of amides is 1. The summed E-state index contributed by atoms with van der Waals surface area (Å²) in [5, 5.41) is 14.7. The molecule has 1 aromatic heterocycles. The number of thiophene rings is 1. The van der Waals surface area contributed by atoms with Gasteiger partial charge in [-0.1, -0.05) is 18.2 Å². The molecular weight excluding hydrogens is 491 g/mol. The summed E-state index contributed by atoms with van der Waals surface area (Å²) in [6.45, 7) is 0.334. The van der Waals surface area contributed by atoms with Gasteiger partial charge in [-0.25, -0.2) is 10.2 Å². The molecule has 0 saturated carbocycles. The molecule has 0 aliphatic carbocycles. The van der Waals surface area contributed by atoms with E-state index < -0.39 is 5.97 Å². The maximum atomic E-state index is 11.8. The lowest BCUT2D eigenvalue weighted by molar-refractivity contribution is 0.0696. The zero-order valence-corrected chi connectivity index (χ0v) is 17.4. The number of halogens is 1. The topological polar surface area (TPSA) is 88.0 Å². The van der Waals surface area contributed by atoms with Gasteiger partial charge in [0.05, 0.1) is 20.2 Å². The number of nitrogens with zero attached hydrogens (tertiary/aromatic N) is 1. The number of nitrogens with one attached hydrogen (secondary N) is 1. The van der Waals surface area contributed by atoms with E-state index in [1.807, 2.05) is 29.6 Å². The summed E-state index contributed by atoms with van der Waals surface area (Å²) in [6, 6.07) is 15.7. The van der Waals surface area contributed by atoms with Gasteiger partial charge < -0.3 is 9.84 Å². The third-order valence-corrected chi connectivity index (χ3v) is 5.39. The number of benzene rings is 2. The Morgan fingerprint density at radius 1 is 1.18 bits per heavy atom. The lowest BCUT2D eigenvalue weighted by atomic mass is 10.1. The number of carbonyl (C=O) groups excluding carboxylic acids is 1. The standard InChI is InChI=1S/C20H15IN2O4S/c21-16-10-14(11-22-23-19(24)18-2-1-9-28-18)5-8-17(16)27-12-13-3-6-15(7-4-13)20(25)26/h1-11H,12H2,(H,23,24)(H,25,26)/b22-11-. The van der Waals surface area contributed by atoms with Crippen LogP contribution < -0.4 is 10.2 Å². The largest absolute Gasteiger partial charge is 0.488 e. The predicted octanol–water partition coefficient (Wildman–Crippen LogP) is 4.39. The molecule has 0 unspecified atom stereocenters. The Morgan fingerprint density at radius 2 is 1.96 bits per heavy atom. The van der Waals surface area contributed by atoms with Gasteiger partial charge in [0, 0.05) is 0 Å². The van der Waals surface area contributed by atoms with Crippen LogP contribution in [0.2, 0.25) is 0 Å². The Balaban J connectivity index is 1.56. The quantitative estimate of drug-likeness (QED) is 0.283. The number of aromatic carboxylic acids is 1. The van der Waals surface area contributed by atoms with Gasteiger partial charge in [-0.2, -0.15) is 5.10 Å². The highest BCUT2D eigenvalue weighted by atomic mass is 127. The smallest absolute Gasteiger partial charge is 0.335 e. The van der Waals surface area contributed by atoms with Crippen LogP contribution in [-0.2, 0) is 6.61 Å². The van der Waals surface area contributed by atoms with Crippen LogP contribution in [0.1, 0.15) is 31.2 Å². The van der Waals surface area contributed by atoms with Gasteiger partial charge in [-0.05, 0) is 75.5 Å². The molecule has 28 heavy (non-hydrogen) atoms. The summed E-state index contributed by atoms with van der Waals surface area (Å²) in [7, 11) is 0. The Morgan fingerprint density at radius 3 is 2.61 bits per heavy atom. The first-order valence-corrected chi connectivity index (χ1v) is 10.1. The van der Waals surface area contributed by atoms with Gasteiger partial charge in [0.15, 0.2) is 0 Å². The van der Waals surface area contributed by atoms with Gasteiger partial charge in [0.2, 0.25) is 0 Å². The van der Waals surface area contributed by atoms with E-state index in [-0.39, 0.29) is 11.5 Å². The summed E-state index contributed by atoms with van der Waals surface area (Å²) in [4.78, 5) is 23.3. The van der Waals surface area contributed by atoms with Crippen LogP contribution in [0.15, 0.2) is 65.1 Å². The monoisotopic (exact) mass is 506 g/mol. The van der Waals surface area contributed by atoms with E-state index in [4.69, 9.17) is 9.84 Å². The highest BCUT2D eigenvalue weighted by molar-refractivity contribution is 14.1. The van der Waals surface area contributed by atoms with Crippen LogP contribution >= 0.6 is 33.9 Å². The molecule has 0 radical (unpaired) electrons. The van der Waals surface area contributed by atoms with Crippen molar-refractivity contribution in [2.75, 3.05) is 0 Å². The van der Waals surface area contributed by atoms with Crippen LogP contribution in [0.5, 0.6) is 5.75 Å². The zero-order chi connectivity index (χ0) is 19.9. The molecule has 0 bridgehead atoms. The molecule has 6 nitrogen and oxygen atoms in total.